The fourth-order valence-corrected chi connectivity index (χ4v) is 3.16. The second kappa shape index (κ2) is 8.97. The van der Waals surface area contributed by atoms with Crippen molar-refractivity contribution >= 4 is 23.8 Å². The summed E-state index contributed by atoms with van der Waals surface area (Å²) in [7, 11) is 0. The van der Waals surface area contributed by atoms with Crippen molar-refractivity contribution in [1.82, 2.24) is 9.38 Å². The average molecular weight is 393 g/mol. The number of aliphatic hydroxyl groups excluding tert-OH is 1. The van der Waals surface area contributed by atoms with E-state index in [1.54, 1.807) is 47.9 Å². The molecule has 5 nitrogen and oxygen atoms in total. The van der Waals surface area contributed by atoms with Crippen LogP contribution in [0.2, 0.25) is 0 Å². The minimum atomic E-state index is -0.608. The van der Waals surface area contributed by atoms with E-state index in [0.717, 1.165) is 0 Å². The van der Waals surface area contributed by atoms with Gasteiger partial charge in [-0.15, -0.1) is 12.4 Å². The van der Waals surface area contributed by atoms with Crippen LogP contribution in [0.3, 0.4) is 0 Å². The highest BCUT2D eigenvalue weighted by molar-refractivity contribution is 5.97. The smallest absolute Gasteiger partial charge is 0.182 e. The van der Waals surface area contributed by atoms with Gasteiger partial charge < -0.3 is 9.84 Å². The van der Waals surface area contributed by atoms with E-state index < -0.39 is 11.7 Å². The molecule has 0 aliphatic carbocycles. The molecule has 0 saturated heterocycles. The van der Waals surface area contributed by atoms with E-state index in [4.69, 9.17) is 4.74 Å². The van der Waals surface area contributed by atoms with Crippen molar-refractivity contribution in [1.29, 1.82) is 0 Å². The topological polar surface area (TPSA) is 63.8 Å². The van der Waals surface area contributed by atoms with Crippen LogP contribution in [0, 0.1) is 12.7 Å². The fraction of sp³-hybridized carbons (Fsp3) is 0.300. The number of aliphatic hydroxyl groups is 1. The number of nitrogens with zero attached hydrogens (tertiary/aromatic N) is 2. The van der Waals surface area contributed by atoms with E-state index in [9.17, 15) is 14.3 Å². The van der Waals surface area contributed by atoms with Gasteiger partial charge in [-0.3, -0.25) is 9.20 Å². The summed E-state index contributed by atoms with van der Waals surface area (Å²) >= 11 is 0. The highest BCUT2D eigenvalue weighted by Crippen LogP contribution is 2.27. The van der Waals surface area contributed by atoms with E-state index in [-0.39, 0.29) is 31.2 Å². The Labute approximate surface area is 163 Å². The molecule has 0 saturated carbocycles. The minimum Gasteiger partial charge on any atom is -0.490 e. The lowest BCUT2D eigenvalue weighted by Gasteiger charge is -2.15. The molecule has 0 aliphatic rings. The predicted molar refractivity (Wildman–Crippen MR) is 104 cm³/mol. The molecule has 7 heteroatoms. The number of carbonyl (C=O) groups excluding carboxylic acids is 1. The van der Waals surface area contributed by atoms with Gasteiger partial charge in [0.15, 0.2) is 17.2 Å². The summed E-state index contributed by atoms with van der Waals surface area (Å²) in [5.74, 6) is -0.632. The highest BCUT2D eigenvalue weighted by atomic mass is 35.5. The number of aryl methyl sites for hydroxylation is 1. The van der Waals surface area contributed by atoms with E-state index in [0.29, 0.717) is 35.0 Å². The molecule has 2 aromatic heterocycles. The number of ketones is 1. The maximum Gasteiger partial charge on any atom is 0.182 e. The van der Waals surface area contributed by atoms with Gasteiger partial charge in [0.1, 0.15) is 11.5 Å². The Bertz CT molecular complexity index is 942. The first-order valence-corrected chi connectivity index (χ1v) is 8.55. The van der Waals surface area contributed by atoms with Crippen LogP contribution >= 0.6 is 12.4 Å². The summed E-state index contributed by atoms with van der Waals surface area (Å²) in [5, 5.41) is 9.69. The predicted octanol–water partition coefficient (Wildman–Crippen LogP) is 3.95. The quantitative estimate of drug-likeness (QED) is 0.618. The van der Waals surface area contributed by atoms with Crippen LogP contribution in [0.25, 0.3) is 5.65 Å². The molecule has 2 heterocycles. The van der Waals surface area contributed by atoms with E-state index in [1.165, 1.54) is 6.07 Å². The molecule has 3 aromatic rings. The van der Waals surface area contributed by atoms with Crippen molar-refractivity contribution < 1.29 is 19.0 Å². The van der Waals surface area contributed by atoms with Gasteiger partial charge in [-0.1, -0.05) is 18.2 Å². The number of carbonyl (C=O) groups is 1. The molecule has 0 radical (unpaired) electrons. The number of hydrogen-bond acceptors (Lipinski definition) is 4. The zero-order valence-corrected chi connectivity index (χ0v) is 16.0. The molecular weight excluding hydrogens is 371 g/mol. The molecule has 0 aliphatic heterocycles. The van der Waals surface area contributed by atoms with Crippen LogP contribution in [0.1, 0.15) is 41.0 Å². The summed E-state index contributed by atoms with van der Waals surface area (Å²) in [6.07, 6.45) is 1.74. The summed E-state index contributed by atoms with van der Waals surface area (Å²) in [6.45, 7) is 3.82. The maximum absolute atomic E-state index is 14.0. The Kier molecular flexibility index (Phi) is 6.93. The van der Waals surface area contributed by atoms with Crippen LogP contribution in [0.4, 0.5) is 4.39 Å². The molecule has 1 atom stereocenters. The second-order valence-electron chi connectivity index (χ2n) is 6.07. The van der Waals surface area contributed by atoms with Gasteiger partial charge in [0.05, 0.1) is 18.9 Å². The molecule has 0 bridgehead atoms. The summed E-state index contributed by atoms with van der Waals surface area (Å²) in [4.78, 5) is 17.4. The fourth-order valence-electron chi connectivity index (χ4n) is 3.16. The number of pyridine rings is 1. The van der Waals surface area contributed by atoms with Crippen molar-refractivity contribution in [3.8, 4) is 5.75 Å². The Morgan fingerprint density at radius 2 is 2.04 bits per heavy atom. The normalized spacial score (nSPS) is 11.9. The SMILES string of the molecule is CCOc1cccn2c(C(=O)C[C@@H](CO)c3ccccc3F)c(C)nc12.Cl. The maximum atomic E-state index is 14.0. The van der Waals surface area contributed by atoms with Crippen molar-refractivity contribution in [3.63, 3.8) is 0 Å². The number of imidazole rings is 1. The zero-order chi connectivity index (χ0) is 18.7. The minimum absolute atomic E-state index is 0. The van der Waals surface area contributed by atoms with Gasteiger partial charge in [-0.25, -0.2) is 9.37 Å². The second-order valence-corrected chi connectivity index (χ2v) is 6.07. The number of halogens is 2. The lowest BCUT2D eigenvalue weighted by Crippen LogP contribution is -2.14. The van der Waals surface area contributed by atoms with E-state index >= 15 is 0 Å². The first-order valence-electron chi connectivity index (χ1n) is 8.55. The third kappa shape index (κ3) is 4.12. The third-order valence-corrected chi connectivity index (χ3v) is 4.35. The number of ether oxygens (including phenoxy) is 1. The van der Waals surface area contributed by atoms with Gasteiger partial charge in [0, 0.05) is 18.5 Å². The highest BCUT2D eigenvalue weighted by Gasteiger charge is 2.24. The zero-order valence-electron chi connectivity index (χ0n) is 15.2. The largest absolute Gasteiger partial charge is 0.490 e. The molecule has 0 spiro atoms. The van der Waals surface area contributed by atoms with Crippen LogP contribution < -0.4 is 4.74 Å². The molecule has 0 unspecified atom stereocenters. The van der Waals surface area contributed by atoms with Crippen molar-refractivity contribution in [3.05, 3.63) is 65.4 Å². The number of rotatable bonds is 7. The van der Waals surface area contributed by atoms with Crippen molar-refractivity contribution in [2.75, 3.05) is 13.2 Å². The summed E-state index contributed by atoms with van der Waals surface area (Å²) in [6, 6.07) is 9.79. The summed E-state index contributed by atoms with van der Waals surface area (Å²) in [5.41, 5.74) is 1.91. The molecule has 1 N–H and O–H groups in total. The Morgan fingerprint density at radius 3 is 2.70 bits per heavy atom. The van der Waals surface area contributed by atoms with Gasteiger partial charge in [0.25, 0.3) is 0 Å². The molecular formula is C20H22ClFN2O3. The molecule has 144 valence electrons. The van der Waals surface area contributed by atoms with Crippen LogP contribution in [-0.4, -0.2) is 33.5 Å². The number of fused-ring (bicyclic) bond motifs is 1. The average Bonchev–Trinajstić information content (AvgIpc) is 2.97. The van der Waals surface area contributed by atoms with Crippen LogP contribution in [0.5, 0.6) is 5.75 Å². The molecule has 3 rings (SSSR count). The molecule has 27 heavy (non-hydrogen) atoms. The van der Waals surface area contributed by atoms with E-state index in [2.05, 4.69) is 4.98 Å². The Hall–Kier alpha value is -2.44. The standard InChI is InChI=1S/C20H21FN2O3.ClH/c1-3-26-18-9-6-10-23-19(13(2)22-20(18)23)17(25)11-14(12-24)15-7-4-5-8-16(15)21;/h4-10,14,24H,3,11-12H2,1-2H3;1H/t14-;/m0./s1. The number of Topliss-reactive ketones (excluding diaryl/α,β-unsaturated/α-hetero) is 1. The van der Waals surface area contributed by atoms with Gasteiger partial charge in [-0.2, -0.15) is 0 Å². The van der Waals surface area contributed by atoms with Crippen molar-refractivity contribution in [2.24, 2.45) is 0 Å². The lowest BCUT2D eigenvalue weighted by molar-refractivity contribution is 0.0953. The molecule has 1 aromatic carbocycles. The number of aromatic nitrogens is 2. The Balaban J connectivity index is 0.00000261. The van der Waals surface area contributed by atoms with Crippen LogP contribution in [0.15, 0.2) is 42.6 Å². The number of hydrogen-bond donors (Lipinski definition) is 1. The first kappa shape index (κ1) is 20.9. The van der Waals surface area contributed by atoms with Gasteiger partial charge in [0.2, 0.25) is 0 Å². The monoisotopic (exact) mass is 392 g/mol. The van der Waals surface area contributed by atoms with Crippen molar-refractivity contribution in [2.45, 2.75) is 26.2 Å². The van der Waals surface area contributed by atoms with Gasteiger partial charge >= 0.3 is 0 Å². The summed E-state index contributed by atoms with van der Waals surface area (Å²) < 4.78 is 21.3. The number of benzene rings is 1. The van der Waals surface area contributed by atoms with E-state index in [1.807, 2.05) is 6.92 Å². The molecule has 0 amide bonds. The Morgan fingerprint density at radius 1 is 1.30 bits per heavy atom. The van der Waals surface area contributed by atoms with Crippen LogP contribution in [-0.2, 0) is 0 Å². The lowest BCUT2D eigenvalue weighted by atomic mass is 9.93. The molecule has 0 fully saturated rings. The van der Waals surface area contributed by atoms with Gasteiger partial charge in [-0.05, 0) is 37.6 Å². The third-order valence-electron chi connectivity index (χ3n) is 4.35. The first-order chi connectivity index (χ1) is 12.6.